The molecule has 6 aliphatic rings. The second-order valence-electron chi connectivity index (χ2n) is 21.2. The van der Waals surface area contributed by atoms with Gasteiger partial charge in [-0.1, -0.05) is 190 Å². The molecule has 9 aromatic rings. The molecule has 1 spiro atoms. The lowest BCUT2D eigenvalue weighted by Gasteiger charge is -2.61. The van der Waals surface area contributed by atoms with Crippen molar-refractivity contribution in [2.24, 2.45) is 23.7 Å². The zero-order chi connectivity index (χ0) is 45.1. The van der Waals surface area contributed by atoms with Gasteiger partial charge in [0.15, 0.2) is 0 Å². The first kappa shape index (κ1) is 39.9. The van der Waals surface area contributed by atoms with Crippen LogP contribution in [0.25, 0.3) is 66.8 Å². The zero-order valence-electron chi connectivity index (χ0n) is 39.0. The van der Waals surface area contributed by atoms with E-state index in [4.69, 9.17) is 0 Å². The van der Waals surface area contributed by atoms with Crippen molar-refractivity contribution in [1.29, 1.82) is 0 Å². The van der Waals surface area contributed by atoms with Crippen LogP contribution in [0.5, 0.6) is 0 Å². The van der Waals surface area contributed by atoms with Gasteiger partial charge >= 0.3 is 0 Å². The Kier molecular flexibility index (Phi) is 8.89. The van der Waals surface area contributed by atoms with Crippen molar-refractivity contribution >= 4 is 17.1 Å². The minimum absolute atomic E-state index is 0.0687. The van der Waals surface area contributed by atoms with Crippen molar-refractivity contribution in [3.63, 3.8) is 0 Å². The summed E-state index contributed by atoms with van der Waals surface area (Å²) in [6, 6.07) is 80.8. The van der Waals surface area contributed by atoms with E-state index in [2.05, 4.69) is 231 Å². The maximum Gasteiger partial charge on any atom is 0.0540 e. The molecule has 0 aliphatic heterocycles. The predicted octanol–water partition coefficient (Wildman–Crippen LogP) is 17.9. The van der Waals surface area contributed by atoms with Crippen LogP contribution in [0.4, 0.5) is 17.1 Å². The molecule has 1 nitrogen and oxygen atoms in total. The van der Waals surface area contributed by atoms with Gasteiger partial charge in [-0.15, -0.1) is 0 Å². The quantitative estimate of drug-likeness (QED) is 0.154. The predicted molar refractivity (Wildman–Crippen MR) is 284 cm³/mol. The van der Waals surface area contributed by atoms with E-state index in [1.165, 1.54) is 121 Å². The van der Waals surface area contributed by atoms with Crippen LogP contribution >= 0.6 is 0 Å². The van der Waals surface area contributed by atoms with E-state index in [1.807, 2.05) is 0 Å². The molecule has 0 atom stereocenters. The maximum atomic E-state index is 2.70. The van der Waals surface area contributed by atoms with Crippen LogP contribution < -0.4 is 4.90 Å². The molecular weight excluding hydrogens is 819 g/mol. The molecule has 9 aromatic carbocycles. The summed E-state index contributed by atoms with van der Waals surface area (Å²) in [5.74, 6) is 2.90. The summed E-state index contributed by atoms with van der Waals surface area (Å²) < 4.78 is 0. The maximum absolute atomic E-state index is 2.70. The summed E-state index contributed by atoms with van der Waals surface area (Å²) in [6.45, 7) is 4.80. The van der Waals surface area contributed by atoms with Gasteiger partial charge in [0.05, 0.1) is 5.69 Å². The number of anilines is 3. The van der Waals surface area contributed by atoms with Gasteiger partial charge < -0.3 is 4.90 Å². The molecule has 6 aliphatic carbocycles. The van der Waals surface area contributed by atoms with Crippen LogP contribution in [0.1, 0.15) is 68.2 Å². The van der Waals surface area contributed by atoms with E-state index >= 15 is 0 Å². The van der Waals surface area contributed by atoms with Gasteiger partial charge in [0, 0.05) is 27.8 Å². The van der Waals surface area contributed by atoms with E-state index in [0.29, 0.717) is 11.8 Å². The molecule has 4 fully saturated rings. The number of fused-ring (bicyclic) bond motifs is 6. The molecule has 1 heteroatoms. The molecule has 0 aromatic heterocycles. The van der Waals surface area contributed by atoms with Crippen molar-refractivity contribution in [2.45, 2.75) is 56.8 Å². The van der Waals surface area contributed by atoms with Crippen molar-refractivity contribution in [3.8, 4) is 66.8 Å². The number of para-hydroxylation sites is 1. The zero-order valence-corrected chi connectivity index (χ0v) is 39.0. The van der Waals surface area contributed by atoms with Gasteiger partial charge in [-0.05, 0) is 176 Å². The second kappa shape index (κ2) is 15.1. The van der Waals surface area contributed by atoms with Crippen LogP contribution in [0.3, 0.4) is 0 Å². The molecule has 4 saturated carbocycles. The van der Waals surface area contributed by atoms with Crippen LogP contribution in [0.15, 0.2) is 212 Å². The van der Waals surface area contributed by atoms with Gasteiger partial charge in [-0.2, -0.15) is 0 Å². The lowest BCUT2D eigenvalue weighted by molar-refractivity contribution is -0.0399. The third-order valence-electron chi connectivity index (χ3n) is 17.5. The third-order valence-corrected chi connectivity index (χ3v) is 17.5. The lowest BCUT2D eigenvalue weighted by atomic mass is 9.43. The molecule has 4 bridgehead atoms. The molecule has 15 rings (SSSR count). The standard InChI is InChI=1S/C67H55N/c1-66(2)59-26-14-12-24-56(59)58-40-49(31-34-60(58)66)57-41-53(68(52-32-29-46(30-33-52)45-17-6-3-7-18-45)63-28-15-13-23-54(63)47-19-8-4-9-20-47)42-62-65(57)64-55(48-21-10-5-11-22-48)25-16-27-61(64)67(62)50-36-43-35-44(38-50)39-51(67)37-43/h3-34,40-44,50-51H,35-39H2,1-2H3. The smallest absolute Gasteiger partial charge is 0.0540 e. The summed E-state index contributed by atoms with van der Waals surface area (Å²) >= 11 is 0. The second-order valence-corrected chi connectivity index (χ2v) is 21.2. The van der Waals surface area contributed by atoms with Crippen LogP contribution in [-0.2, 0) is 10.8 Å². The number of hydrogen-bond acceptors (Lipinski definition) is 1. The van der Waals surface area contributed by atoms with Gasteiger partial charge in [0.1, 0.15) is 0 Å². The average molecular weight is 874 g/mol. The van der Waals surface area contributed by atoms with Crippen LogP contribution in [0.2, 0.25) is 0 Å². The Hall–Kier alpha value is -7.22. The first-order valence-electron chi connectivity index (χ1n) is 25.2. The van der Waals surface area contributed by atoms with Crippen molar-refractivity contribution in [3.05, 3.63) is 235 Å². The van der Waals surface area contributed by atoms with Gasteiger partial charge in [-0.25, -0.2) is 0 Å². The van der Waals surface area contributed by atoms with Gasteiger partial charge in [0.2, 0.25) is 0 Å². The van der Waals surface area contributed by atoms with Crippen molar-refractivity contribution < 1.29 is 0 Å². The highest BCUT2D eigenvalue weighted by atomic mass is 15.1. The fraction of sp³-hybridized carbons (Fsp3) is 0.194. The highest BCUT2D eigenvalue weighted by molar-refractivity contribution is 6.03. The highest BCUT2D eigenvalue weighted by Crippen LogP contribution is 2.71. The largest absolute Gasteiger partial charge is 0.310 e. The minimum Gasteiger partial charge on any atom is -0.310 e. The Balaban J connectivity index is 1.09. The van der Waals surface area contributed by atoms with Gasteiger partial charge in [-0.3, -0.25) is 0 Å². The first-order chi connectivity index (χ1) is 33.4. The Morgan fingerprint density at radius 3 is 1.54 bits per heavy atom. The Bertz CT molecular complexity index is 3390. The number of hydrogen-bond donors (Lipinski definition) is 0. The molecule has 0 amide bonds. The molecule has 0 radical (unpaired) electrons. The lowest BCUT2D eigenvalue weighted by Crippen LogP contribution is -2.55. The summed E-state index contributed by atoms with van der Waals surface area (Å²) in [5, 5.41) is 0. The van der Waals surface area contributed by atoms with E-state index in [1.54, 1.807) is 11.1 Å². The monoisotopic (exact) mass is 873 g/mol. The minimum atomic E-state index is -0.0738. The SMILES string of the molecule is CC1(C)c2ccccc2-c2cc(-c3cc(N(c4ccc(-c5ccccc5)cc4)c4ccccc4-c4ccccc4)cc4c3-c3c(-c5ccccc5)cccc3C43C4CC5CC(C4)CC3C5)ccc21. The van der Waals surface area contributed by atoms with E-state index in [-0.39, 0.29) is 10.8 Å². The summed E-state index contributed by atoms with van der Waals surface area (Å²) in [6.07, 6.45) is 6.73. The topological polar surface area (TPSA) is 3.24 Å². The summed E-state index contributed by atoms with van der Waals surface area (Å²) in [5.41, 5.74) is 25.2. The molecule has 0 unspecified atom stereocenters. The summed E-state index contributed by atoms with van der Waals surface area (Å²) in [4.78, 5) is 2.59. The number of benzene rings is 9. The molecule has 0 saturated heterocycles. The van der Waals surface area contributed by atoms with E-state index in [0.717, 1.165) is 17.5 Å². The molecule has 68 heavy (non-hydrogen) atoms. The normalized spacial score (nSPS) is 21.9. The number of rotatable bonds is 7. The fourth-order valence-corrected chi connectivity index (χ4v) is 14.8. The average Bonchev–Trinajstić information content (AvgIpc) is 3.81. The molecule has 0 heterocycles. The Morgan fingerprint density at radius 1 is 0.338 bits per heavy atom. The Morgan fingerprint density at radius 2 is 0.853 bits per heavy atom. The van der Waals surface area contributed by atoms with Gasteiger partial charge in [0.25, 0.3) is 0 Å². The molecular formula is C67H55N. The van der Waals surface area contributed by atoms with Crippen molar-refractivity contribution in [1.82, 2.24) is 0 Å². The fourth-order valence-electron chi connectivity index (χ4n) is 14.8. The van der Waals surface area contributed by atoms with E-state index in [9.17, 15) is 0 Å². The Labute approximate surface area is 401 Å². The van der Waals surface area contributed by atoms with E-state index < -0.39 is 0 Å². The molecule has 0 N–H and O–H groups in total. The summed E-state index contributed by atoms with van der Waals surface area (Å²) in [7, 11) is 0. The molecule has 328 valence electrons. The number of nitrogens with zero attached hydrogens (tertiary/aromatic N) is 1. The van der Waals surface area contributed by atoms with Crippen LogP contribution in [0, 0.1) is 23.7 Å². The third kappa shape index (κ3) is 5.81. The first-order valence-corrected chi connectivity index (χ1v) is 25.2. The highest BCUT2D eigenvalue weighted by Gasteiger charge is 2.62. The van der Waals surface area contributed by atoms with Crippen LogP contribution in [-0.4, -0.2) is 0 Å². The van der Waals surface area contributed by atoms with Crippen molar-refractivity contribution in [2.75, 3.05) is 4.90 Å².